The zero-order valence-corrected chi connectivity index (χ0v) is 12.0. The molecule has 0 N–H and O–H groups in total. The molecule has 104 valence electrons. The fourth-order valence-corrected chi connectivity index (χ4v) is 2.97. The summed E-state index contributed by atoms with van der Waals surface area (Å²) in [6, 6.07) is 2.97. The molecule has 5 nitrogen and oxygen atoms in total. The van der Waals surface area contributed by atoms with Crippen molar-refractivity contribution >= 4 is 23.0 Å². The number of non-ortho nitro benzene ring substituents is 1. The second-order valence-corrected chi connectivity index (χ2v) is 5.42. The van der Waals surface area contributed by atoms with Gasteiger partial charge in [0.25, 0.3) is 5.69 Å². The van der Waals surface area contributed by atoms with Crippen molar-refractivity contribution in [2.24, 2.45) is 0 Å². The molecule has 6 heteroatoms. The van der Waals surface area contributed by atoms with Crippen LogP contribution >= 0.6 is 11.6 Å². The molecule has 1 aliphatic heterocycles. The van der Waals surface area contributed by atoms with Crippen LogP contribution < -0.4 is 4.90 Å². The minimum Gasteiger partial charge on any atom is -0.372 e. The van der Waals surface area contributed by atoms with E-state index in [0.29, 0.717) is 5.02 Å². The molecule has 0 bridgehead atoms. The maximum Gasteiger partial charge on any atom is 0.271 e. The van der Waals surface area contributed by atoms with Crippen LogP contribution in [0.5, 0.6) is 0 Å². The van der Waals surface area contributed by atoms with E-state index in [0.717, 1.165) is 24.3 Å². The lowest BCUT2D eigenvalue weighted by molar-refractivity contribution is -0.384. The van der Waals surface area contributed by atoms with Crippen LogP contribution in [0.3, 0.4) is 0 Å². The van der Waals surface area contributed by atoms with Gasteiger partial charge in [0.1, 0.15) is 0 Å². The molecule has 0 saturated carbocycles. The smallest absolute Gasteiger partial charge is 0.271 e. The molecule has 0 aromatic heterocycles. The van der Waals surface area contributed by atoms with Crippen molar-refractivity contribution in [3.05, 3.63) is 32.8 Å². The van der Waals surface area contributed by atoms with Crippen molar-refractivity contribution in [1.29, 1.82) is 0 Å². The standard InChI is InChI=1S/C13H17ClN2O3/c1-8-4-11(16(17)18)5-12(14)13(8)15-6-9(2)19-10(3)7-15/h4-5,9-10H,6-7H2,1-3H3/t9-,10+. The van der Waals surface area contributed by atoms with Gasteiger partial charge < -0.3 is 9.64 Å². The minimum atomic E-state index is -0.423. The summed E-state index contributed by atoms with van der Waals surface area (Å²) >= 11 is 6.22. The van der Waals surface area contributed by atoms with E-state index in [1.165, 1.54) is 6.07 Å². The van der Waals surface area contributed by atoms with Crippen LogP contribution in [-0.4, -0.2) is 30.2 Å². The second kappa shape index (κ2) is 5.35. The third-order valence-corrected chi connectivity index (χ3v) is 3.47. The Morgan fingerprint density at radius 3 is 2.42 bits per heavy atom. The maximum absolute atomic E-state index is 10.8. The number of nitro groups is 1. The van der Waals surface area contributed by atoms with Crippen molar-refractivity contribution in [1.82, 2.24) is 0 Å². The lowest BCUT2D eigenvalue weighted by Gasteiger charge is -2.37. The van der Waals surface area contributed by atoms with E-state index in [-0.39, 0.29) is 17.9 Å². The fraction of sp³-hybridized carbons (Fsp3) is 0.538. The van der Waals surface area contributed by atoms with Crippen LogP contribution in [0.4, 0.5) is 11.4 Å². The first kappa shape index (κ1) is 14.1. The molecule has 0 radical (unpaired) electrons. The highest BCUT2D eigenvalue weighted by molar-refractivity contribution is 6.33. The zero-order valence-electron chi connectivity index (χ0n) is 11.2. The van der Waals surface area contributed by atoms with Gasteiger partial charge in [0, 0.05) is 25.2 Å². The molecule has 2 rings (SSSR count). The number of hydrogen-bond acceptors (Lipinski definition) is 4. The first-order valence-electron chi connectivity index (χ1n) is 6.23. The van der Waals surface area contributed by atoms with Gasteiger partial charge in [0.15, 0.2) is 0 Å². The molecule has 1 aromatic rings. The van der Waals surface area contributed by atoms with Gasteiger partial charge in [0.2, 0.25) is 0 Å². The van der Waals surface area contributed by atoms with Crippen molar-refractivity contribution in [3.8, 4) is 0 Å². The molecule has 0 amide bonds. The summed E-state index contributed by atoms with van der Waals surface area (Å²) < 4.78 is 5.69. The molecule has 1 saturated heterocycles. The van der Waals surface area contributed by atoms with E-state index in [4.69, 9.17) is 16.3 Å². The molecule has 19 heavy (non-hydrogen) atoms. The number of anilines is 1. The van der Waals surface area contributed by atoms with E-state index in [9.17, 15) is 10.1 Å². The number of halogens is 1. The molecule has 1 aromatic carbocycles. The summed E-state index contributed by atoms with van der Waals surface area (Å²) in [6.07, 6.45) is 0.240. The van der Waals surface area contributed by atoms with Gasteiger partial charge in [-0.3, -0.25) is 10.1 Å². The van der Waals surface area contributed by atoms with Crippen molar-refractivity contribution < 1.29 is 9.66 Å². The number of hydrogen-bond donors (Lipinski definition) is 0. The summed E-state index contributed by atoms with van der Waals surface area (Å²) in [6.45, 7) is 7.35. The topological polar surface area (TPSA) is 55.6 Å². The SMILES string of the molecule is Cc1cc([N+](=O)[O-])cc(Cl)c1N1C[C@@H](C)O[C@@H](C)C1. The number of morpholine rings is 1. The maximum atomic E-state index is 10.8. The van der Waals surface area contributed by atoms with Gasteiger partial charge in [-0.05, 0) is 26.3 Å². The first-order chi connectivity index (χ1) is 8.88. The van der Waals surface area contributed by atoms with Crippen LogP contribution in [0.25, 0.3) is 0 Å². The summed E-state index contributed by atoms with van der Waals surface area (Å²) in [5.74, 6) is 0. The number of benzene rings is 1. The zero-order chi connectivity index (χ0) is 14.2. The highest BCUT2D eigenvalue weighted by atomic mass is 35.5. The average molecular weight is 285 g/mol. The number of rotatable bonds is 2. The van der Waals surface area contributed by atoms with Crippen LogP contribution in [-0.2, 0) is 4.74 Å². The fourth-order valence-electron chi connectivity index (χ4n) is 2.58. The Balaban J connectivity index is 2.37. The average Bonchev–Trinajstić information content (AvgIpc) is 2.26. The molecule has 0 spiro atoms. The summed E-state index contributed by atoms with van der Waals surface area (Å²) in [5.41, 5.74) is 1.72. The Kier molecular flexibility index (Phi) is 3.96. The Morgan fingerprint density at radius 1 is 1.37 bits per heavy atom. The van der Waals surface area contributed by atoms with Crippen LogP contribution in [0, 0.1) is 17.0 Å². The lowest BCUT2D eigenvalue weighted by Crippen LogP contribution is -2.45. The highest BCUT2D eigenvalue weighted by Gasteiger charge is 2.26. The molecule has 2 atom stereocenters. The molecule has 1 aliphatic rings. The van der Waals surface area contributed by atoms with Crippen molar-refractivity contribution in [3.63, 3.8) is 0 Å². The van der Waals surface area contributed by atoms with E-state index in [1.807, 2.05) is 20.8 Å². The van der Waals surface area contributed by atoms with E-state index in [1.54, 1.807) is 6.07 Å². The van der Waals surface area contributed by atoms with Gasteiger partial charge >= 0.3 is 0 Å². The highest BCUT2D eigenvalue weighted by Crippen LogP contribution is 2.35. The monoisotopic (exact) mass is 284 g/mol. The normalized spacial score (nSPS) is 23.5. The third-order valence-electron chi connectivity index (χ3n) is 3.19. The molecular formula is C13H17ClN2O3. The van der Waals surface area contributed by atoms with E-state index in [2.05, 4.69) is 4.90 Å². The largest absolute Gasteiger partial charge is 0.372 e. The van der Waals surface area contributed by atoms with Gasteiger partial charge in [-0.1, -0.05) is 11.6 Å². The Bertz CT molecular complexity index is 474. The van der Waals surface area contributed by atoms with E-state index >= 15 is 0 Å². The Labute approximate surface area is 117 Å². The number of aryl methyl sites for hydroxylation is 1. The predicted octanol–water partition coefficient (Wildman–Crippen LogP) is 3.17. The lowest BCUT2D eigenvalue weighted by atomic mass is 10.1. The summed E-state index contributed by atoms with van der Waals surface area (Å²) in [7, 11) is 0. The predicted molar refractivity (Wildman–Crippen MR) is 75.1 cm³/mol. The van der Waals surface area contributed by atoms with Gasteiger partial charge in [0.05, 0.1) is 27.8 Å². The van der Waals surface area contributed by atoms with Gasteiger partial charge in [-0.15, -0.1) is 0 Å². The molecule has 1 heterocycles. The number of nitro benzene ring substituents is 1. The molecule has 0 aliphatic carbocycles. The second-order valence-electron chi connectivity index (χ2n) is 5.01. The van der Waals surface area contributed by atoms with Crippen molar-refractivity contribution in [2.45, 2.75) is 33.0 Å². The molecule has 1 fully saturated rings. The van der Waals surface area contributed by atoms with Crippen LogP contribution in [0.15, 0.2) is 12.1 Å². The Morgan fingerprint density at radius 2 is 1.95 bits per heavy atom. The number of ether oxygens (including phenoxy) is 1. The van der Waals surface area contributed by atoms with Gasteiger partial charge in [-0.25, -0.2) is 0 Å². The Hall–Kier alpha value is -1.33. The van der Waals surface area contributed by atoms with Gasteiger partial charge in [-0.2, -0.15) is 0 Å². The van der Waals surface area contributed by atoms with Crippen LogP contribution in [0.2, 0.25) is 5.02 Å². The minimum absolute atomic E-state index is 0.0283. The molecule has 0 unspecified atom stereocenters. The molecular weight excluding hydrogens is 268 g/mol. The van der Waals surface area contributed by atoms with Crippen LogP contribution in [0.1, 0.15) is 19.4 Å². The third kappa shape index (κ3) is 2.98. The quantitative estimate of drug-likeness (QED) is 0.618. The first-order valence-corrected chi connectivity index (χ1v) is 6.61. The van der Waals surface area contributed by atoms with E-state index < -0.39 is 4.92 Å². The summed E-state index contributed by atoms with van der Waals surface area (Å²) in [5, 5.41) is 11.2. The summed E-state index contributed by atoms with van der Waals surface area (Å²) in [4.78, 5) is 12.5. The van der Waals surface area contributed by atoms with Crippen molar-refractivity contribution in [2.75, 3.05) is 18.0 Å². The number of nitrogens with zero attached hydrogens (tertiary/aromatic N) is 2.